The van der Waals surface area contributed by atoms with Crippen LogP contribution in [0.1, 0.15) is 65.3 Å². The van der Waals surface area contributed by atoms with E-state index in [1.165, 1.54) is 6.20 Å². The number of amides is 1. The summed E-state index contributed by atoms with van der Waals surface area (Å²) >= 11 is 0. The second-order valence-electron chi connectivity index (χ2n) is 6.66. The SMILES string of the molecule is CCc1c(C(=O)NC2CCCCC2)cnc2c1c(O)c(C(=O)O)c(=O)n2O. The first-order valence-electron chi connectivity index (χ1n) is 8.89. The molecule has 0 aliphatic heterocycles. The number of rotatable bonds is 4. The Morgan fingerprint density at radius 3 is 2.56 bits per heavy atom. The summed E-state index contributed by atoms with van der Waals surface area (Å²) in [6, 6.07) is 0.0571. The van der Waals surface area contributed by atoms with Gasteiger partial charge in [-0.15, -0.1) is 4.73 Å². The molecule has 4 N–H and O–H groups in total. The molecule has 0 bridgehead atoms. The fraction of sp³-hybridized carbons (Fsp3) is 0.444. The quantitative estimate of drug-likeness (QED) is 0.595. The predicted octanol–water partition coefficient (Wildman–Crippen LogP) is 1.66. The summed E-state index contributed by atoms with van der Waals surface area (Å²) in [5.74, 6) is -2.86. The highest BCUT2D eigenvalue weighted by atomic mass is 16.5. The molecule has 144 valence electrons. The highest BCUT2D eigenvalue weighted by molar-refractivity contribution is 6.04. The van der Waals surface area contributed by atoms with Gasteiger partial charge in [-0.1, -0.05) is 26.2 Å². The van der Waals surface area contributed by atoms with Crippen molar-refractivity contribution in [3.05, 3.63) is 33.2 Å². The number of nitrogens with one attached hydrogen (secondary N) is 1. The molecule has 1 saturated carbocycles. The first kappa shape index (κ1) is 18.7. The monoisotopic (exact) mass is 375 g/mol. The number of carbonyl (C=O) groups excluding carboxylic acids is 1. The molecule has 2 aromatic rings. The smallest absolute Gasteiger partial charge is 0.345 e. The van der Waals surface area contributed by atoms with Gasteiger partial charge in [0.05, 0.1) is 10.9 Å². The van der Waals surface area contributed by atoms with Crippen molar-refractivity contribution >= 4 is 22.9 Å². The summed E-state index contributed by atoms with van der Waals surface area (Å²) in [5, 5.41) is 32.4. The van der Waals surface area contributed by atoms with Gasteiger partial charge < -0.3 is 20.7 Å². The first-order chi connectivity index (χ1) is 12.9. The number of nitrogens with zero attached hydrogens (tertiary/aromatic N) is 2. The van der Waals surface area contributed by atoms with Crippen molar-refractivity contribution in [2.24, 2.45) is 0 Å². The molecule has 1 amide bonds. The van der Waals surface area contributed by atoms with Gasteiger partial charge in [-0.05, 0) is 24.8 Å². The van der Waals surface area contributed by atoms with E-state index in [9.17, 15) is 29.8 Å². The van der Waals surface area contributed by atoms with Crippen LogP contribution in [-0.2, 0) is 6.42 Å². The number of fused-ring (bicyclic) bond motifs is 1. The van der Waals surface area contributed by atoms with Crippen molar-refractivity contribution in [2.45, 2.75) is 51.5 Å². The van der Waals surface area contributed by atoms with Gasteiger partial charge >= 0.3 is 11.5 Å². The van der Waals surface area contributed by atoms with E-state index in [2.05, 4.69) is 10.3 Å². The topological polar surface area (TPSA) is 142 Å². The second-order valence-corrected chi connectivity index (χ2v) is 6.66. The van der Waals surface area contributed by atoms with Gasteiger partial charge in [-0.2, -0.15) is 0 Å². The third-order valence-electron chi connectivity index (χ3n) is 5.00. The van der Waals surface area contributed by atoms with Gasteiger partial charge in [-0.3, -0.25) is 9.59 Å². The average Bonchev–Trinajstić information content (AvgIpc) is 2.65. The number of aromatic carboxylic acids is 1. The summed E-state index contributed by atoms with van der Waals surface area (Å²) in [5.41, 5.74) is -2.06. The molecular weight excluding hydrogens is 354 g/mol. The minimum atomic E-state index is -1.68. The van der Waals surface area contributed by atoms with Crippen LogP contribution in [0.4, 0.5) is 0 Å². The number of aromatic hydroxyl groups is 1. The number of aromatic nitrogens is 2. The fourth-order valence-corrected chi connectivity index (χ4v) is 3.64. The predicted molar refractivity (Wildman–Crippen MR) is 95.5 cm³/mol. The molecule has 0 atom stereocenters. The maximum Gasteiger partial charge on any atom is 0.345 e. The van der Waals surface area contributed by atoms with Gasteiger partial charge in [0.15, 0.2) is 11.2 Å². The van der Waals surface area contributed by atoms with Crippen LogP contribution in [0.15, 0.2) is 11.0 Å². The van der Waals surface area contributed by atoms with Crippen LogP contribution in [0.3, 0.4) is 0 Å². The third kappa shape index (κ3) is 3.20. The van der Waals surface area contributed by atoms with Gasteiger partial charge in [-0.25, -0.2) is 9.78 Å². The van der Waals surface area contributed by atoms with E-state index in [0.29, 0.717) is 5.56 Å². The number of carboxylic acids is 1. The molecule has 1 fully saturated rings. The zero-order chi connectivity index (χ0) is 19.7. The maximum atomic E-state index is 12.7. The van der Waals surface area contributed by atoms with Crippen LogP contribution >= 0.6 is 0 Å². The number of hydrogen-bond acceptors (Lipinski definition) is 6. The van der Waals surface area contributed by atoms with E-state index < -0.39 is 22.8 Å². The van der Waals surface area contributed by atoms with Crippen LogP contribution in [0.25, 0.3) is 11.0 Å². The summed E-state index contributed by atoms with van der Waals surface area (Å²) in [4.78, 5) is 40.0. The van der Waals surface area contributed by atoms with Gasteiger partial charge in [0.1, 0.15) is 5.75 Å². The molecule has 2 aromatic heterocycles. The van der Waals surface area contributed by atoms with Crippen LogP contribution < -0.4 is 10.9 Å². The van der Waals surface area contributed by atoms with Crippen molar-refractivity contribution in [1.29, 1.82) is 0 Å². The van der Waals surface area contributed by atoms with E-state index in [-0.39, 0.29) is 39.7 Å². The third-order valence-corrected chi connectivity index (χ3v) is 5.00. The van der Waals surface area contributed by atoms with Gasteiger partial charge in [0.2, 0.25) is 0 Å². The number of aryl methyl sites for hydroxylation is 1. The highest BCUT2D eigenvalue weighted by Gasteiger charge is 2.27. The molecule has 1 aliphatic carbocycles. The Morgan fingerprint density at radius 1 is 1.30 bits per heavy atom. The Bertz CT molecular complexity index is 975. The lowest BCUT2D eigenvalue weighted by molar-refractivity contribution is 0.0685. The normalized spacial score (nSPS) is 15.0. The number of pyridine rings is 2. The summed E-state index contributed by atoms with van der Waals surface area (Å²) in [6.07, 6.45) is 6.49. The maximum absolute atomic E-state index is 12.7. The van der Waals surface area contributed by atoms with Crippen LogP contribution in [-0.4, -0.2) is 43.1 Å². The van der Waals surface area contributed by atoms with Crippen molar-refractivity contribution in [2.75, 3.05) is 0 Å². The van der Waals surface area contributed by atoms with E-state index in [0.717, 1.165) is 32.1 Å². The molecule has 9 nitrogen and oxygen atoms in total. The summed E-state index contributed by atoms with van der Waals surface area (Å²) in [7, 11) is 0. The van der Waals surface area contributed by atoms with Crippen molar-refractivity contribution in [1.82, 2.24) is 15.0 Å². The lowest BCUT2D eigenvalue weighted by Gasteiger charge is -2.23. The lowest BCUT2D eigenvalue weighted by Crippen LogP contribution is -2.36. The average molecular weight is 375 g/mol. The van der Waals surface area contributed by atoms with E-state index in [4.69, 9.17) is 0 Å². The van der Waals surface area contributed by atoms with Crippen molar-refractivity contribution in [3.63, 3.8) is 0 Å². The van der Waals surface area contributed by atoms with Crippen LogP contribution in [0.2, 0.25) is 0 Å². The molecule has 9 heteroatoms. The van der Waals surface area contributed by atoms with Gasteiger partial charge in [0.25, 0.3) is 5.91 Å². The van der Waals surface area contributed by atoms with Crippen molar-refractivity contribution in [3.8, 4) is 5.75 Å². The standard InChI is InChI=1S/C18H21N3O6/c1-2-10-11(16(23)20-9-6-4-3-5-7-9)8-19-15-12(10)14(22)13(18(25)26)17(24)21(15)27/h8-9,22,27H,2-7H2,1H3,(H,20,23)(H,25,26). The Hall–Kier alpha value is -3.10. The lowest BCUT2D eigenvalue weighted by atomic mass is 9.94. The molecule has 0 radical (unpaired) electrons. The molecule has 0 aromatic carbocycles. The van der Waals surface area contributed by atoms with E-state index >= 15 is 0 Å². The van der Waals surface area contributed by atoms with E-state index in [1.807, 2.05) is 0 Å². The summed E-state index contributed by atoms with van der Waals surface area (Å²) < 4.78 is 0.0838. The molecule has 0 spiro atoms. The summed E-state index contributed by atoms with van der Waals surface area (Å²) in [6.45, 7) is 1.72. The largest absolute Gasteiger partial charge is 0.506 e. The van der Waals surface area contributed by atoms with Crippen molar-refractivity contribution < 1.29 is 25.0 Å². The van der Waals surface area contributed by atoms with Crippen LogP contribution in [0.5, 0.6) is 5.75 Å². The highest BCUT2D eigenvalue weighted by Crippen LogP contribution is 2.31. The molecule has 1 aliphatic rings. The molecule has 0 saturated heterocycles. The van der Waals surface area contributed by atoms with Gasteiger partial charge in [0, 0.05) is 12.2 Å². The van der Waals surface area contributed by atoms with E-state index in [1.54, 1.807) is 6.92 Å². The Balaban J connectivity index is 2.16. The molecule has 2 heterocycles. The molecule has 0 unspecified atom stereocenters. The second kappa shape index (κ2) is 7.26. The molecule has 3 rings (SSSR count). The number of hydrogen-bond donors (Lipinski definition) is 4. The zero-order valence-corrected chi connectivity index (χ0v) is 14.9. The Kier molecular flexibility index (Phi) is 5.02. The fourth-order valence-electron chi connectivity index (χ4n) is 3.64. The minimum Gasteiger partial charge on any atom is -0.506 e. The van der Waals surface area contributed by atoms with Crippen LogP contribution in [0, 0.1) is 0 Å². The molecular formula is C18H21N3O6. The Labute approximate surface area is 154 Å². The zero-order valence-electron chi connectivity index (χ0n) is 14.9. The number of carbonyl (C=O) groups is 2. The Morgan fingerprint density at radius 2 is 1.96 bits per heavy atom. The molecule has 27 heavy (non-hydrogen) atoms. The number of carboxylic acid groups (broad SMARTS) is 1. The minimum absolute atomic E-state index is 0.0571. The first-order valence-corrected chi connectivity index (χ1v) is 8.89.